The molecule has 1 aromatic carbocycles. The van der Waals surface area contributed by atoms with Gasteiger partial charge >= 0.3 is 0 Å². The van der Waals surface area contributed by atoms with Crippen LogP contribution in [0.15, 0.2) is 36.3 Å². The predicted octanol–water partition coefficient (Wildman–Crippen LogP) is 2.19. The number of hydrogen-bond acceptors (Lipinski definition) is 3. The van der Waals surface area contributed by atoms with Crippen molar-refractivity contribution in [1.29, 1.82) is 0 Å². The van der Waals surface area contributed by atoms with E-state index >= 15 is 0 Å². The van der Waals surface area contributed by atoms with Crippen LogP contribution in [0.4, 0.5) is 0 Å². The molecule has 0 aliphatic rings. The van der Waals surface area contributed by atoms with Crippen molar-refractivity contribution in [1.82, 2.24) is 0 Å². The molecule has 0 aliphatic heterocycles. The lowest BCUT2D eigenvalue weighted by Gasteiger charge is -2.05. The second-order valence-corrected chi connectivity index (χ2v) is 2.31. The van der Waals surface area contributed by atoms with Crippen molar-refractivity contribution < 1.29 is 14.9 Å². The number of hydrogen-bond donors (Lipinski definition) is 2. The number of rotatable bonds is 2. The van der Waals surface area contributed by atoms with Crippen molar-refractivity contribution >= 4 is 0 Å². The van der Waals surface area contributed by atoms with Crippen LogP contribution in [0.3, 0.4) is 0 Å². The van der Waals surface area contributed by atoms with Gasteiger partial charge in [0.15, 0.2) is 11.5 Å². The van der Waals surface area contributed by atoms with Gasteiger partial charge in [-0.3, -0.25) is 0 Å². The monoisotopic (exact) mass is 166 g/mol. The third kappa shape index (κ3) is 1.92. The fourth-order valence-corrected chi connectivity index (χ4v) is 0.743. The molecule has 0 saturated carbocycles. The van der Waals surface area contributed by atoms with Gasteiger partial charge in [-0.05, 0) is 19.1 Å². The Balaban J connectivity index is 2.82. The standard InChI is InChI=1S/C9H10O3/c1-7(6-10)12-9-5-3-2-4-8(9)11/h2-6,10-11H,1H3/b7-6+. The van der Waals surface area contributed by atoms with E-state index in [-0.39, 0.29) is 5.75 Å². The molecule has 0 heterocycles. The summed E-state index contributed by atoms with van der Waals surface area (Å²) >= 11 is 0. The molecule has 0 saturated heterocycles. The van der Waals surface area contributed by atoms with Gasteiger partial charge in [0.1, 0.15) is 12.0 Å². The second-order valence-electron chi connectivity index (χ2n) is 2.31. The Hall–Kier alpha value is -1.64. The van der Waals surface area contributed by atoms with Crippen LogP contribution in [0.2, 0.25) is 0 Å². The number of allylic oxidation sites excluding steroid dienone is 1. The Morgan fingerprint density at radius 2 is 2.08 bits per heavy atom. The Morgan fingerprint density at radius 3 is 2.67 bits per heavy atom. The Morgan fingerprint density at radius 1 is 1.42 bits per heavy atom. The number of ether oxygens (including phenoxy) is 1. The van der Waals surface area contributed by atoms with Crippen LogP contribution in [0.25, 0.3) is 0 Å². The SMILES string of the molecule is C/C(=C\O)Oc1ccccc1O. The summed E-state index contributed by atoms with van der Waals surface area (Å²) < 4.78 is 5.06. The summed E-state index contributed by atoms with van der Waals surface area (Å²) in [6.07, 6.45) is 0.840. The topological polar surface area (TPSA) is 49.7 Å². The summed E-state index contributed by atoms with van der Waals surface area (Å²) in [6.45, 7) is 1.59. The van der Waals surface area contributed by atoms with Gasteiger partial charge in [0.2, 0.25) is 0 Å². The van der Waals surface area contributed by atoms with Gasteiger partial charge in [-0.2, -0.15) is 0 Å². The first kappa shape index (κ1) is 8.46. The highest BCUT2D eigenvalue weighted by Crippen LogP contribution is 2.25. The van der Waals surface area contributed by atoms with E-state index in [1.807, 2.05) is 0 Å². The first-order valence-corrected chi connectivity index (χ1v) is 3.51. The summed E-state index contributed by atoms with van der Waals surface area (Å²) in [7, 11) is 0. The molecule has 64 valence electrons. The maximum atomic E-state index is 9.22. The van der Waals surface area contributed by atoms with Gasteiger partial charge in [-0.1, -0.05) is 12.1 Å². The molecule has 0 fully saturated rings. The van der Waals surface area contributed by atoms with E-state index in [2.05, 4.69) is 0 Å². The molecule has 0 aromatic heterocycles. The van der Waals surface area contributed by atoms with Gasteiger partial charge < -0.3 is 14.9 Å². The van der Waals surface area contributed by atoms with Crippen molar-refractivity contribution in [3.05, 3.63) is 36.3 Å². The van der Waals surface area contributed by atoms with E-state index in [0.29, 0.717) is 11.5 Å². The largest absolute Gasteiger partial charge is 0.512 e. The number of aliphatic hydroxyl groups is 1. The molecule has 2 N–H and O–H groups in total. The van der Waals surface area contributed by atoms with Crippen LogP contribution in [0.1, 0.15) is 6.92 Å². The van der Waals surface area contributed by atoms with Gasteiger partial charge in [0.25, 0.3) is 0 Å². The number of aliphatic hydroxyl groups excluding tert-OH is 1. The van der Waals surface area contributed by atoms with Crippen LogP contribution in [0, 0.1) is 0 Å². The average Bonchev–Trinajstić information content (AvgIpc) is 2.09. The van der Waals surface area contributed by atoms with Gasteiger partial charge in [-0.25, -0.2) is 0 Å². The zero-order valence-electron chi connectivity index (χ0n) is 6.69. The van der Waals surface area contributed by atoms with Gasteiger partial charge in [0, 0.05) is 0 Å². The summed E-state index contributed by atoms with van der Waals surface area (Å²) in [6, 6.07) is 6.56. The molecule has 3 nitrogen and oxygen atoms in total. The molecule has 3 heteroatoms. The van der Waals surface area contributed by atoms with Crippen molar-refractivity contribution in [2.45, 2.75) is 6.92 Å². The van der Waals surface area contributed by atoms with E-state index in [0.717, 1.165) is 6.26 Å². The molecule has 0 atom stereocenters. The van der Waals surface area contributed by atoms with Crippen LogP contribution in [-0.2, 0) is 0 Å². The first-order chi connectivity index (χ1) is 5.74. The number of phenols is 1. The lowest BCUT2D eigenvalue weighted by molar-refractivity contribution is 0.354. The molecule has 0 bridgehead atoms. The third-order valence-electron chi connectivity index (χ3n) is 1.32. The number of aromatic hydroxyl groups is 1. The minimum atomic E-state index is 0.0544. The minimum Gasteiger partial charge on any atom is -0.512 e. The third-order valence-corrected chi connectivity index (χ3v) is 1.32. The molecule has 0 amide bonds. The zero-order valence-corrected chi connectivity index (χ0v) is 6.69. The van der Waals surface area contributed by atoms with Crippen molar-refractivity contribution in [2.75, 3.05) is 0 Å². The van der Waals surface area contributed by atoms with Gasteiger partial charge in [-0.15, -0.1) is 0 Å². The fourth-order valence-electron chi connectivity index (χ4n) is 0.743. The maximum Gasteiger partial charge on any atom is 0.168 e. The Bertz CT molecular complexity index is 292. The molecule has 0 spiro atoms. The molecule has 0 aliphatic carbocycles. The first-order valence-electron chi connectivity index (χ1n) is 3.51. The number of phenolic OH excluding ortho intramolecular Hbond substituents is 1. The van der Waals surface area contributed by atoms with E-state index in [1.54, 1.807) is 25.1 Å². The summed E-state index contributed by atoms with van der Waals surface area (Å²) in [5.74, 6) is 0.718. The molecular formula is C9H10O3. The average molecular weight is 166 g/mol. The lowest BCUT2D eigenvalue weighted by Crippen LogP contribution is -1.90. The smallest absolute Gasteiger partial charge is 0.168 e. The van der Waals surface area contributed by atoms with E-state index < -0.39 is 0 Å². The molecular weight excluding hydrogens is 156 g/mol. The molecule has 0 unspecified atom stereocenters. The predicted molar refractivity (Wildman–Crippen MR) is 45.1 cm³/mol. The van der Waals surface area contributed by atoms with E-state index in [9.17, 15) is 5.11 Å². The van der Waals surface area contributed by atoms with Crippen LogP contribution >= 0.6 is 0 Å². The highest BCUT2D eigenvalue weighted by Gasteiger charge is 2.00. The van der Waals surface area contributed by atoms with Crippen LogP contribution in [-0.4, -0.2) is 10.2 Å². The van der Waals surface area contributed by atoms with Crippen LogP contribution in [0.5, 0.6) is 11.5 Å². The summed E-state index contributed by atoms with van der Waals surface area (Å²) in [4.78, 5) is 0. The Kier molecular flexibility index (Phi) is 2.58. The Labute approximate surface area is 70.5 Å². The van der Waals surface area contributed by atoms with Crippen LogP contribution < -0.4 is 4.74 Å². The number of benzene rings is 1. The zero-order chi connectivity index (χ0) is 8.97. The number of para-hydroxylation sites is 2. The summed E-state index contributed by atoms with van der Waals surface area (Å²) in [5, 5.41) is 17.7. The van der Waals surface area contributed by atoms with Gasteiger partial charge in [0.05, 0.1) is 0 Å². The van der Waals surface area contributed by atoms with Crippen molar-refractivity contribution in [2.24, 2.45) is 0 Å². The molecule has 1 aromatic rings. The second kappa shape index (κ2) is 3.67. The van der Waals surface area contributed by atoms with E-state index in [4.69, 9.17) is 9.84 Å². The molecule has 0 radical (unpaired) electrons. The quantitative estimate of drug-likeness (QED) is 0.662. The lowest BCUT2D eigenvalue weighted by atomic mass is 10.3. The van der Waals surface area contributed by atoms with Crippen molar-refractivity contribution in [3.8, 4) is 11.5 Å². The highest BCUT2D eigenvalue weighted by molar-refractivity contribution is 5.38. The molecule has 1 rings (SSSR count). The molecule has 12 heavy (non-hydrogen) atoms. The van der Waals surface area contributed by atoms with Crippen molar-refractivity contribution in [3.63, 3.8) is 0 Å². The van der Waals surface area contributed by atoms with E-state index in [1.165, 1.54) is 6.07 Å². The maximum absolute atomic E-state index is 9.22. The minimum absolute atomic E-state index is 0.0544. The fraction of sp³-hybridized carbons (Fsp3) is 0.111. The summed E-state index contributed by atoms with van der Waals surface area (Å²) in [5.41, 5.74) is 0. The normalized spacial score (nSPS) is 11.2. The highest BCUT2D eigenvalue weighted by atomic mass is 16.5.